The second kappa shape index (κ2) is 9.49. The maximum Gasteiger partial charge on any atom is 0.267 e. The fourth-order valence-corrected chi connectivity index (χ4v) is 4.46. The highest BCUT2D eigenvalue weighted by molar-refractivity contribution is 5.92. The lowest BCUT2D eigenvalue weighted by molar-refractivity contribution is -0.134. The quantitative estimate of drug-likeness (QED) is 0.514. The van der Waals surface area contributed by atoms with Crippen LogP contribution in [-0.2, 0) is 11.3 Å². The standard InChI is InChI=1S/C22H25F2N9O2/c23-19(24)15-7-26-22(27-8-15)32-5-3-31(4-6-32)18(34)12-30-9-14(10-30)11-33-13-28-17-2-1-16(20(25)35)29-21(17)33/h1-2,7-8,13-14,19H,3-6,9-12H2,(H2,25,35). The summed E-state index contributed by atoms with van der Waals surface area (Å²) < 4.78 is 27.3. The Kier molecular flexibility index (Phi) is 6.24. The minimum atomic E-state index is -2.59. The smallest absolute Gasteiger partial charge is 0.267 e. The summed E-state index contributed by atoms with van der Waals surface area (Å²) in [5.41, 5.74) is 6.66. The van der Waals surface area contributed by atoms with E-state index in [0.717, 1.165) is 25.5 Å². The number of primary amides is 1. The van der Waals surface area contributed by atoms with Crippen LogP contribution >= 0.6 is 0 Å². The molecule has 35 heavy (non-hydrogen) atoms. The number of fused-ring (bicyclic) bond motifs is 1. The maximum atomic E-state index is 12.7. The predicted molar refractivity (Wildman–Crippen MR) is 122 cm³/mol. The van der Waals surface area contributed by atoms with Crippen molar-refractivity contribution >= 4 is 28.9 Å². The zero-order chi connectivity index (χ0) is 24.5. The topological polar surface area (TPSA) is 126 Å². The Morgan fingerprint density at radius 2 is 1.77 bits per heavy atom. The van der Waals surface area contributed by atoms with Gasteiger partial charge < -0.3 is 20.1 Å². The Labute approximate surface area is 199 Å². The summed E-state index contributed by atoms with van der Waals surface area (Å²) >= 11 is 0. The fourth-order valence-electron chi connectivity index (χ4n) is 4.46. The van der Waals surface area contributed by atoms with Gasteiger partial charge >= 0.3 is 0 Å². The number of imidazole rings is 1. The molecule has 5 heterocycles. The van der Waals surface area contributed by atoms with Crippen molar-refractivity contribution in [1.29, 1.82) is 0 Å². The van der Waals surface area contributed by atoms with E-state index in [1.54, 1.807) is 18.5 Å². The van der Waals surface area contributed by atoms with Gasteiger partial charge in [0, 0.05) is 64.1 Å². The number of hydrogen-bond acceptors (Lipinski definition) is 8. The summed E-state index contributed by atoms with van der Waals surface area (Å²) in [4.78, 5) is 46.7. The number of aromatic nitrogens is 5. The number of halogens is 2. The molecule has 2 aliphatic rings. The third-order valence-electron chi connectivity index (χ3n) is 6.39. The van der Waals surface area contributed by atoms with E-state index >= 15 is 0 Å². The normalized spacial score (nSPS) is 17.2. The first-order chi connectivity index (χ1) is 16.9. The van der Waals surface area contributed by atoms with Gasteiger partial charge in [-0.25, -0.2) is 28.7 Å². The Bertz CT molecular complexity index is 1220. The zero-order valence-corrected chi connectivity index (χ0v) is 18.9. The minimum absolute atomic E-state index is 0.0675. The number of likely N-dealkylation sites (tertiary alicyclic amines) is 1. The molecule has 0 bridgehead atoms. The largest absolute Gasteiger partial charge is 0.364 e. The lowest BCUT2D eigenvalue weighted by atomic mass is 10.00. The summed E-state index contributed by atoms with van der Waals surface area (Å²) in [6, 6.07) is 3.30. The summed E-state index contributed by atoms with van der Waals surface area (Å²) in [6.45, 7) is 4.78. The molecule has 2 fully saturated rings. The van der Waals surface area contributed by atoms with Crippen molar-refractivity contribution in [3.8, 4) is 0 Å². The van der Waals surface area contributed by atoms with Crippen LogP contribution in [0.1, 0.15) is 22.5 Å². The minimum Gasteiger partial charge on any atom is -0.364 e. The molecule has 2 aliphatic heterocycles. The van der Waals surface area contributed by atoms with Crippen LogP contribution in [0, 0.1) is 5.92 Å². The molecule has 2 saturated heterocycles. The molecule has 0 atom stereocenters. The Hall–Kier alpha value is -3.74. The van der Waals surface area contributed by atoms with Gasteiger partial charge in [0.25, 0.3) is 12.3 Å². The van der Waals surface area contributed by atoms with Crippen molar-refractivity contribution in [2.75, 3.05) is 50.7 Å². The summed E-state index contributed by atoms with van der Waals surface area (Å²) in [6.07, 6.45) is 1.40. The van der Waals surface area contributed by atoms with Gasteiger partial charge in [0.1, 0.15) is 11.2 Å². The SMILES string of the molecule is NC(=O)c1ccc2ncn(CC3CN(CC(=O)N4CCN(c5ncc(C(F)F)cn5)CC4)C3)c2n1. The fraction of sp³-hybridized carbons (Fsp3) is 0.455. The number of amides is 2. The molecule has 0 saturated carbocycles. The molecule has 0 aromatic carbocycles. The van der Waals surface area contributed by atoms with Crippen LogP contribution in [0.5, 0.6) is 0 Å². The van der Waals surface area contributed by atoms with E-state index in [2.05, 4.69) is 24.8 Å². The van der Waals surface area contributed by atoms with Crippen LogP contribution in [0.3, 0.4) is 0 Å². The number of carbonyl (C=O) groups is 2. The number of pyridine rings is 1. The highest BCUT2D eigenvalue weighted by atomic mass is 19.3. The molecule has 2 amide bonds. The van der Waals surface area contributed by atoms with Crippen LogP contribution in [0.25, 0.3) is 11.2 Å². The van der Waals surface area contributed by atoms with Crippen molar-refractivity contribution < 1.29 is 18.4 Å². The molecule has 5 rings (SSSR count). The average molecular weight is 485 g/mol. The number of piperazine rings is 1. The second-order valence-electron chi connectivity index (χ2n) is 8.85. The zero-order valence-electron chi connectivity index (χ0n) is 18.9. The van der Waals surface area contributed by atoms with Crippen molar-refractivity contribution in [3.63, 3.8) is 0 Å². The van der Waals surface area contributed by atoms with Gasteiger partial charge in [-0.1, -0.05) is 0 Å². The predicted octanol–water partition coefficient (Wildman–Crippen LogP) is 0.538. The number of hydrogen-bond donors (Lipinski definition) is 1. The molecule has 0 radical (unpaired) electrons. The number of alkyl halides is 2. The third kappa shape index (κ3) is 4.90. The first kappa shape index (κ1) is 23.0. The average Bonchev–Trinajstić information content (AvgIpc) is 3.24. The number of nitrogens with zero attached hydrogens (tertiary/aromatic N) is 8. The van der Waals surface area contributed by atoms with Crippen LogP contribution in [0.15, 0.2) is 30.9 Å². The number of rotatable bonds is 7. The molecule has 0 spiro atoms. The van der Waals surface area contributed by atoms with E-state index in [1.807, 2.05) is 14.4 Å². The van der Waals surface area contributed by atoms with Gasteiger partial charge in [-0.3, -0.25) is 14.5 Å². The Morgan fingerprint density at radius 1 is 1.06 bits per heavy atom. The van der Waals surface area contributed by atoms with Crippen LogP contribution < -0.4 is 10.6 Å². The van der Waals surface area contributed by atoms with Gasteiger partial charge in [-0.2, -0.15) is 0 Å². The number of anilines is 1. The summed E-state index contributed by atoms with van der Waals surface area (Å²) in [5.74, 6) is 0.241. The molecular formula is C22H25F2N9O2. The van der Waals surface area contributed by atoms with Gasteiger partial charge in [0.15, 0.2) is 5.65 Å². The van der Waals surface area contributed by atoms with Crippen molar-refractivity contribution in [1.82, 2.24) is 34.3 Å². The molecule has 13 heteroatoms. The summed E-state index contributed by atoms with van der Waals surface area (Å²) in [7, 11) is 0. The van der Waals surface area contributed by atoms with Crippen LogP contribution in [0.4, 0.5) is 14.7 Å². The Balaban J connectivity index is 1.08. The van der Waals surface area contributed by atoms with Gasteiger partial charge in [0.2, 0.25) is 11.9 Å². The maximum absolute atomic E-state index is 12.7. The van der Waals surface area contributed by atoms with Crippen molar-refractivity contribution in [2.45, 2.75) is 13.0 Å². The Morgan fingerprint density at radius 3 is 2.43 bits per heavy atom. The number of nitrogens with two attached hydrogens (primary N) is 1. The molecule has 184 valence electrons. The van der Waals surface area contributed by atoms with E-state index in [4.69, 9.17) is 5.73 Å². The highest BCUT2D eigenvalue weighted by Gasteiger charge is 2.31. The molecule has 0 aliphatic carbocycles. The van der Waals surface area contributed by atoms with E-state index in [-0.39, 0.29) is 17.2 Å². The van der Waals surface area contributed by atoms with Gasteiger partial charge in [-0.15, -0.1) is 0 Å². The van der Waals surface area contributed by atoms with E-state index < -0.39 is 12.3 Å². The lowest BCUT2D eigenvalue weighted by Crippen LogP contribution is -2.55. The molecule has 11 nitrogen and oxygen atoms in total. The van der Waals surface area contributed by atoms with Crippen LogP contribution in [-0.4, -0.2) is 91.9 Å². The van der Waals surface area contributed by atoms with E-state index in [0.29, 0.717) is 62.3 Å². The van der Waals surface area contributed by atoms with Gasteiger partial charge in [-0.05, 0) is 12.1 Å². The number of carbonyl (C=O) groups excluding carboxylic acids is 2. The highest BCUT2D eigenvalue weighted by Crippen LogP contribution is 2.21. The first-order valence-corrected chi connectivity index (χ1v) is 11.3. The lowest BCUT2D eigenvalue weighted by Gasteiger charge is -2.41. The molecule has 3 aromatic rings. The van der Waals surface area contributed by atoms with Crippen molar-refractivity contribution in [3.05, 3.63) is 42.1 Å². The summed E-state index contributed by atoms with van der Waals surface area (Å²) in [5, 5.41) is 0. The van der Waals surface area contributed by atoms with E-state index in [1.165, 1.54) is 0 Å². The molecule has 3 aromatic heterocycles. The third-order valence-corrected chi connectivity index (χ3v) is 6.39. The van der Waals surface area contributed by atoms with Crippen molar-refractivity contribution in [2.24, 2.45) is 11.7 Å². The van der Waals surface area contributed by atoms with Crippen LogP contribution in [0.2, 0.25) is 0 Å². The molecular weight excluding hydrogens is 460 g/mol. The molecule has 2 N–H and O–H groups in total. The monoisotopic (exact) mass is 485 g/mol. The van der Waals surface area contributed by atoms with Gasteiger partial charge in [0.05, 0.1) is 18.4 Å². The molecule has 0 unspecified atom stereocenters. The first-order valence-electron chi connectivity index (χ1n) is 11.3. The second-order valence-corrected chi connectivity index (χ2v) is 8.85. The van der Waals surface area contributed by atoms with E-state index in [9.17, 15) is 18.4 Å².